The molecule has 1 amide bonds. The summed E-state index contributed by atoms with van der Waals surface area (Å²) in [4.78, 5) is 35.0. The lowest BCUT2D eigenvalue weighted by Crippen LogP contribution is -2.09. The van der Waals surface area contributed by atoms with Crippen LogP contribution in [0.1, 0.15) is 9.80 Å². The smallest absolute Gasteiger partial charge is 0.312 e. The maximum absolute atomic E-state index is 11.5. The molecule has 2 aromatic carbocycles. The van der Waals surface area contributed by atoms with E-state index < -0.39 is 10.8 Å². The van der Waals surface area contributed by atoms with Crippen molar-refractivity contribution in [2.45, 2.75) is 0 Å². The van der Waals surface area contributed by atoms with Gasteiger partial charge in [-0.15, -0.1) is 11.3 Å². The molecule has 2 heterocycles. The number of nitrogens with two attached hydrogens (primary N) is 1. The maximum atomic E-state index is 11.5. The third kappa shape index (κ3) is 2.93. The second kappa shape index (κ2) is 6.70. The first kappa shape index (κ1) is 17.5. The lowest BCUT2D eigenvalue weighted by Gasteiger charge is -2.10. The second-order valence-corrected chi connectivity index (χ2v) is 6.68. The fourth-order valence-corrected chi connectivity index (χ4v) is 3.74. The fourth-order valence-electron chi connectivity index (χ4n) is 2.78. The van der Waals surface area contributed by atoms with Crippen LogP contribution in [-0.2, 0) is 0 Å². The van der Waals surface area contributed by atoms with Crippen molar-refractivity contribution in [2.75, 3.05) is 12.4 Å². The normalized spacial score (nSPS) is 10.9. The van der Waals surface area contributed by atoms with Gasteiger partial charge in [-0.05, 0) is 24.3 Å². The highest BCUT2D eigenvalue weighted by atomic mass is 32.1. The van der Waals surface area contributed by atoms with Crippen LogP contribution in [0, 0.1) is 10.1 Å². The van der Waals surface area contributed by atoms with Gasteiger partial charge >= 0.3 is 5.69 Å². The number of methoxy groups -OCH3 is 1. The van der Waals surface area contributed by atoms with E-state index in [4.69, 9.17) is 10.5 Å². The Morgan fingerprint density at radius 2 is 2.04 bits per heavy atom. The number of primary amides is 1. The van der Waals surface area contributed by atoms with Crippen molar-refractivity contribution in [2.24, 2.45) is 5.73 Å². The minimum Gasteiger partial charge on any atom is -0.490 e. The Morgan fingerprint density at radius 3 is 2.75 bits per heavy atom. The van der Waals surface area contributed by atoms with Crippen LogP contribution in [0.3, 0.4) is 0 Å². The van der Waals surface area contributed by atoms with Crippen molar-refractivity contribution >= 4 is 55.6 Å². The van der Waals surface area contributed by atoms with Gasteiger partial charge in [0.2, 0.25) is 0 Å². The van der Waals surface area contributed by atoms with Crippen LogP contribution < -0.4 is 15.8 Å². The van der Waals surface area contributed by atoms with Gasteiger partial charge in [0.25, 0.3) is 5.91 Å². The highest BCUT2D eigenvalue weighted by molar-refractivity contribution is 7.21. The number of nitrogens with one attached hydrogen (secondary N) is 1. The Labute approximate surface area is 161 Å². The molecule has 0 radical (unpaired) electrons. The number of nitro groups is 1. The molecule has 0 saturated carbocycles. The van der Waals surface area contributed by atoms with Crippen LogP contribution in [0.2, 0.25) is 0 Å². The Hall–Kier alpha value is -3.86. The van der Waals surface area contributed by atoms with E-state index in [0.717, 1.165) is 11.3 Å². The predicted molar refractivity (Wildman–Crippen MR) is 104 cm³/mol. The largest absolute Gasteiger partial charge is 0.490 e. The van der Waals surface area contributed by atoms with Gasteiger partial charge in [-0.1, -0.05) is 0 Å². The van der Waals surface area contributed by atoms with E-state index >= 15 is 0 Å². The summed E-state index contributed by atoms with van der Waals surface area (Å²) in [5.41, 5.74) is 6.83. The van der Waals surface area contributed by atoms with Crippen molar-refractivity contribution < 1.29 is 14.5 Å². The number of hydrogen-bond acceptors (Lipinski definition) is 9. The number of nitrogens with zero attached hydrogens (tertiary/aromatic N) is 4. The molecule has 28 heavy (non-hydrogen) atoms. The monoisotopic (exact) mass is 396 g/mol. The summed E-state index contributed by atoms with van der Waals surface area (Å²) in [6.07, 6.45) is 1.38. The molecular weight excluding hydrogens is 384 g/mol. The van der Waals surface area contributed by atoms with Crippen molar-refractivity contribution in [3.8, 4) is 5.75 Å². The standard InChI is InChI=1S/C17H12N6O4S/c1-27-12-5-2-8(6-11(12)23(25)26)21-16-13-9(19-7-20-16)3-4-10-14(13)28-17(22-10)15(18)24/h2-7H,1H3,(H2,18,24)(H,19,20,21). The van der Waals surface area contributed by atoms with Crippen LogP contribution >= 0.6 is 11.3 Å². The van der Waals surface area contributed by atoms with E-state index in [-0.39, 0.29) is 16.4 Å². The summed E-state index contributed by atoms with van der Waals surface area (Å²) in [5.74, 6) is -0.0414. The summed E-state index contributed by atoms with van der Waals surface area (Å²) in [5, 5.41) is 15.2. The van der Waals surface area contributed by atoms with Crippen LogP contribution in [-0.4, -0.2) is 32.9 Å². The third-order valence-corrected chi connectivity index (χ3v) is 5.11. The SMILES string of the molecule is COc1ccc(Nc2ncnc3ccc4nc(C(N)=O)sc4c23)cc1[N+](=O)[O-]. The molecule has 4 rings (SSSR count). The number of aromatic nitrogens is 3. The molecule has 0 aliphatic heterocycles. The quantitative estimate of drug-likeness (QED) is 0.386. The predicted octanol–water partition coefficient (Wildman–Crippen LogP) is 3.00. The summed E-state index contributed by atoms with van der Waals surface area (Å²) in [7, 11) is 1.37. The number of rotatable bonds is 5. The van der Waals surface area contributed by atoms with Crippen molar-refractivity contribution in [1.29, 1.82) is 0 Å². The van der Waals surface area contributed by atoms with E-state index in [1.807, 2.05) is 0 Å². The molecule has 11 heteroatoms. The van der Waals surface area contributed by atoms with Gasteiger partial charge < -0.3 is 15.8 Å². The number of thiazole rings is 1. The van der Waals surface area contributed by atoms with E-state index in [2.05, 4.69) is 20.3 Å². The van der Waals surface area contributed by atoms with Crippen LogP contribution in [0.5, 0.6) is 5.75 Å². The van der Waals surface area contributed by atoms with Gasteiger partial charge in [0.05, 0.1) is 33.2 Å². The molecule has 4 aromatic rings. The zero-order valence-corrected chi connectivity index (χ0v) is 15.2. The minimum absolute atomic E-state index is 0.152. The first-order chi connectivity index (χ1) is 13.5. The molecule has 0 aliphatic rings. The molecule has 0 fully saturated rings. The number of fused-ring (bicyclic) bond motifs is 3. The molecule has 0 aliphatic carbocycles. The summed E-state index contributed by atoms with van der Waals surface area (Å²) < 4.78 is 5.71. The Kier molecular flexibility index (Phi) is 4.20. The number of carbonyl (C=O) groups is 1. The fraction of sp³-hybridized carbons (Fsp3) is 0.0588. The van der Waals surface area contributed by atoms with Crippen LogP contribution in [0.4, 0.5) is 17.2 Å². The molecule has 0 saturated heterocycles. The number of hydrogen-bond donors (Lipinski definition) is 2. The van der Waals surface area contributed by atoms with Gasteiger partial charge in [0.1, 0.15) is 12.1 Å². The second-order valence-electron chi connectivity index (χ2n) is 5.68. The molecule has 0 spiro atoms. The molecule has 2 aromatic heterocycles. The average Bonchev–Trinajstić information content (AvgIpc) is 3.13. The zero-order chi connectivity index (χ0) is 19.8. The summed E-state index contributed by atoms with van der Waals surface area (Å²) in [6, 6.07) is 7.99. The molecular formula is C17H12N6O4S. The number of anilines is 2. The number of ether oxygens (including phenoxy) is 1. The third-order valence-electron chi connectivity index (χ3n) is 4.01. The Morgan fingerprint density at radius 1 is 1.25 bits per heavy atom. The van der Waals surface area contributed by atoms with E-state index in [0.29, 0.717) is 32.6 Å². The lowest BCUT2D eigenvalue weighted by atomic mass is 10.2. The average molecular weight is 396 g/mol. The topological polar surface area (TPSA) is 146 Å². The van der Waals surface area contributed by atoms with Gasteiger partial charge in [0, 0.05) is 11.8 Å². The number of amides is 1. The van der Waals surface area contributed by atoms with Gasteiger partial charge in [-0.2, -0.15) is 0 Å². The van der Waals surface area contributed by atoms with Crippen molar-refractivity contribution in [3.05, 3.63) is 51.8 Å². The van der Waals surface area contributed by atoms with Crippen molar-refractivity contribution in [1.82, 2.24) is 15.0 Å². The molecule has 10 nitrogen and oxygen atoms in total. The zero-order valence-electron chi connectivity index (χ0n) is 14.4. The van der Waals surface area contributed by atoms with Crippen LogP contribution in [0.25, 0.3) is 21.1 Å². The molecule has 0 atom stereocenters. The van der Waals surface area contributed by atoms with E-state index in [1.54, 1.807) is 18.2 Å². The van der Waals surface area contributed by atoms with E-state index in [1.165, 1.54) is 25.6 Å². The lowest BCUT2D eigenvalue weighted by molar-refractivity contribution is -0.385. The van der Waals surface area contributed by atoms with Gasteiger partial charge in [0.15, 0.2) is 10.8 Å². The maximum Gasteiger partial charge on any atom is 0.312 e. The number of carbonyl (C=O) groups excluding carboxylic acids is 1. The Balaban J connectivity index is 1.87. The Bertz CT molecular complexity index is 1260. The number of benzene rings is 2. The molecule has 0 unspecified atom stereocenters. The van der Waals surface area contributed by atoms with Gasteiger partial charge in [-0.3, -0.25) is 14.9 Å². The molecule has 3 N–H and O–H groups in total. The van der Waals surface area contributed by atoms with Gasteiger partial charge in [-0.25, -0.2) is 15.0 Å². The van der Waals surface area contributed by atoms with Crippen LogP contribution in [0.15, 0.2) is 36.7 Å². The highest BCUT2D eigenvalue weighted by Crippen LogP contribution is 2.36. The van der Waals surface area contributed by atoms with E-state index in [9.17, 15) is 14.9 Å². The summed E-state index contributed by atoms with van der Waals surface area (Å²) in [6.45, 7) is 0. The first-order valence-electron chi connectivity index (χ1n) is 7.91. The summed E-state index contributed by atoms with van der Waals surface area (Å²) >= 11 is 1.14. The van der Waals surface area contributed by atoms with Crippen molar-refractivity contribution in [3.63, 3.8) is 0 Å². The number of nitro benzene ring substituents is 1. The minimum atomic E-state index is -0.619. The first-order valence-corrected chi connectivity index (χ1v) is 8.73. The molecule has 0 bridgehead atoms. The highest BCUT2D eigenvalue weighted by Gasteiger charge is 2.18. The molecule has 140 valence electrons.